The summed E-state index contributed by atoms with van der Waals surface area (Å²) >= 11 is 5.05. The van der Waals surface area contributed by atoms with E-state index in [1.54, 1.807) is 7.11 Å². The number of rotatable bonds is 4. The molecule has 0 radical (unpaired) electrons. The highest BCUT2D eigenvalue weighted by Crippen LogP contribution is 2.20. The van der Waals surface area contributed by atoms with Crippen LogP contribution in [0.1, 0.15) is 22.5 Å². The molecule has 0 unspecified atom stereocenters. The number of nitrogens with zero attached hydrogens (tertiary/aromatic N) is 2. The molecule has 1 aromatic heterocycles. The Morgan fingerprint density at radius 2 is 2.16 bits per heavy atom. The molecule has 0 aliphatic heterocycles. The van der Waals surface area contributed by atoms with Crippen LogP contribution in [-0.2, 0) is 6.54 Å². The SMILES string of the molecule is COc1ccc(Cn2cnc(C)c2C)cc1C(N)=S. The predicted molar refractivity (Wildman–Crippen MR) is 79.7 cm³/mol. The number of ether oxygens (including phenoxy) is 1. The van der Waals surface area contributed by atoms with Gasteiger partial charge in [-0.25, -0.2) is 4.98 Å². The molecule has 2 aromatic rings. The lowest BCUT2D eigenvalue weighted by Gasteiger charge is -2.11. The number of hydrogen-bond acceptors (Lipinski definition) is 3. The van der Waals surface area contributed by atoms with Crippen molar-refractivity contribution < 1.29 is 4.74 Å². The van der Waals surface area contributed by atoms with E-state index in [2.05, 4.69) is 16.5 Å². The monoisotopic (exact) mass is 275 g/mol. The number of benzene rings is 1. The molecule has 0 aliphatic carbocycles. The second-order valence-corrected chi connectivity index (χ2v) is 4.88. The minimum atomic E-state index is 0.345. The Kier molecular flexibility index (Phi) is 3.85. The molecule has 2 rings (SSSR count). The van der Waals surface area contributed by atoms with Gasteiger partial charge in [0.2, 0.25) is 0 Å². The standard InChI is InChI=1S/C14H17N3OS/c1-9-10(2)17(8-16-9)7-11-4-5-13(18-3)12(6-11)14(15)19/h4-6,8H,7H2,1-3H3,(H2,15,19). The van der Waals surface area contributed by atoms with E-state index in [0.717, 1.165) is 29.1 Å². The highest BCUT2D eigenvalue weighted by atomic mass is 32.1. The lowest BCUT2D eigenvalue weighted by Crippen LogP contribution is -2.12. The van der Waals surface area contributed by atoms with Gasteiger partial charge in [0.15, 0.2) is 0 Å². The smallest absolute Gasteiger partial charge is 0.129 e. The van der Waals surface area contributed by atoms with E-state index in [1.165, 1.54) is 0 Å². The molecule has 0 aliphatic rings. The highest BCUT2D eigenvalue weighted by Gasteiger charge is 2.08. The number of imidazole rings is 1. The predicted octanol–water partition coefficient (Wildman–Crippen LogP) is 2.19. The molecule has 0 atom stereocenters. The van der Waals surface area contributed by atoms with Gasteiger partial charge in [0.05, 0.1) is 24.7 Å². The van der Waals surface area contributed by atoms with Crippen molar-refractivity contribution in [2.24, 2.45) is 5.73 Å². The third kappa shape index (κ3) is 2.76. The molecule has 0 saturated heterocycles. The second kappa shape index (κ2) is 5.40. The molecule has 0 amide bonds. The summed E-state index contributed by atoms with van der Waals surface area (Å²) in [5.41, 5.74) is 9.81. The minimum absolute atomic E-state index is 0.345. The van der Waals surface area contributed by atoms with Crippen molar-refractivity contribution in [3.63, 3.8) is 0 Å². The zero-order chi connectivity index (χ0) is 14.0. The van der Waals surface area contributed by atoms with E-state index >= 15 is 0 Å². The van der Waals surface area contributed by atoms with E-state index in [1.807, 2.05) is 31.5 Å². The number of methoxy groups -OCH3 is 1. The lowest BCUT2D eigenvalue weighted by atomic mass is 10.1. The summed E-state index contributed by atoms with van der Waals surface area (Å²) < 4.78 is 7.35. The number of aromatic nitrogens is 2. The summed E-state index contributed by atoms with van der Waals surface area (Å²) in [5, 5.41) is 0. The van der Waals surface area contributed by atoms with Crippen LogP contribution < -0.4 is 10.5 Å². The summed E-state index contributed by atoms with van der Waals surface area (Å²) in [5.74, 6) is 0.704. The highest BCUT2D eigenvalue weighted by molar-refractivity contribution is 7.80. The molecule has 0 bridgehead atoms. The first-order chi connectivity index (χ1) is 9.02. The van der Waals surface area contributed by atoms with Crippen LogP contribution in [0.3, 0.4) is 0 Å². The Bertz CT molecular complexity index is 619. The zero-order valence-electron chi connectivity index (χ0n) is 11.3. The quantitative estimate of drug-likeness (QED) is 0.869. The van der Waals surface area contributed by atoms with Gasteiger partial charge in [0.1, 0.15) is 10.7 Å². The van der Waals surface area contributed by atoms with Crippen LogP contribution in [0.15, 0.2) is 24.5 Å². The number of nitrogens with two attached hydrogens (primary N) is 1. The Morgan fingerprint density at radius 1 is 1.42 bits per heavy atom. The number of thiocarbonyl (C=S) groups is 1. The van der Waals surface area contributed by atoms with E-state index in [0.29, 0.717) is 10.7 Å². The van der Waals surface area contributed by atoms with Crippen LogP contribution in [-0.4, -0.2) is 21.6 Å². The molecule has 0 spiro atoms. The number of aryl methyl sites for hydroxylation is 1. The van der Waals surface area contributed by atoms with Gasteiger partial charge in [0, 0.05) is 12.2 Å². The van der Waals surface area contributed by atoms with Gasteiger partial charge < -0.3 is 15.0 Å². The van der Waals surface area contributed by atoms with E-state index in [-0.39, 0.29) is 0 Å². The van der Waals surface area contributed by atoms with Crippen molar-refractivity contribution in [2.75, 3.05) is 7.11 Å². The van der Waals surface area contributed by atoms with Crippen LogP contribution in [0, 0.1) is 13.8 Å². The van der Waals surface area contributed by atoms with Gasteiger partial charge in [-0.1, -0.05) is 18.3 Å². The van der Waals surface area contributed by atoms with Crippen LogP contribution in [0.4, 0.5) is 0 Å². The fourth-order valence-corrected chi connectivity index (χ4v) is 2.11. The van der Waals surface area contributed by atoms with Crippen molar-refractivity contribution in [2.45, 2.75) is 20.4 Å². The maximum Gasteiger partial charge on any atom is 0.129 e. The summed E-state index contributed by atoms with van der Waals surface area (Å²) in [6.07, 6.45) is 1.84. The molecule has 0 saturated carbocycles. The normalized spacial score (nSPS) is 10.5. The fourth-order valence-electron chi connectivity index (χ4n) is 1.95. The second-order valence-electron chi connectivity index (χ2n) is 4.44. The summed E-state index contributed by atoms with van der Waals surface area (Å²) in [4.78, 5) is 4.64. The Balaban J connectivity index is 2.34. The minimum Gasteiger partial charge on any atom is -0.496 e. The van der Waals surface area contributed by atoms with Crippen molar-refractivity contribution >= 4 is 17.2 Å². The van der Waals surface area contributed by atoms with Gasteiger partial charge in [0.25, 0.3) is 0 Å². The first-order valence-corrected chi connectivity index (χ1v) is 6.38. The Hall–Kier alpha value is -1.88. The third-order valence-electron chi connectivity index (χ3n) is 3.23. The summed E-state index contributed by atoms with van der Waals surface area (Å²) in [6.45, 7) is 4.80. The molecule has 4 nitrogen and oxygen atoms in total. The maximum absolute atomic E-state index is 5.72. The fraction of sp³-hybridized carbons (Fsp3) is 0.286. The Morgan fingerprint density at radius 3 is 2.68 bits per heavy atom. The van der Waals surface area contributed by atoms with E-state index in [9.17, 15) is 0 Å². The van der Waals surface area contributed by atoms with Gasteiger partial charge in [-0.05, 0) is 31.5 Å². The van der Waals surface area contributed by atoms with Crippen molar-refractivity contribution in [1.29, 1.82) is 0 Å². The number of hydrogen-bond donors (Lipinski definition) is 1. The lowest BCUT2D eigenvalue weighted by molar-refractivity contribution is 0.414. The van der Waals surface area contributed by atoms with Crippen LogP contribution in [0.5, 0.6) is 5.75 Å². The molecule has 5 heteroatoms. The van der Waals surface area contributed by atoms with Crippen molar-refractivity contribution in [1.82, 2.24) is 9.55 Å². The Labute approximate surface area is 118 Å². The first-order valence-electron chi connectivity index (χ1n) is 5.98. The van der Waals surface area contributed by atoms with Crippen LogP contribution in [0.25, 0.3) is 0 Å². The molecule has 2 N–H and O–H groups in total. The van der Waals surface area contributed by atoms with Crippen LogP contribution >= 0.6 is 12.2 Å². The van der Waals surface area contributed by atoms with Crippen LogP contribution in [0.2, 0.25) is 0 Å². The first kappa shape index (κ1) is 13.5. The molecule has 1 aromatic carbocycles. The van der Waals surface area contributed by atoms with Gasteiger partial charge in [-0.2, -0.15) is 0 Å². The molecular weight excluding hydrogens is 258 g/mol. The van der Waals surface area contributed by atoms with Gasteiger partial charge in [-0.15, -0.1) is 0 Å². The molecule has 0 fully saturated rings. The summed E-state index contributed by atoms with van der Waals surface area (Å²) in [6, 6.07) is 5.87. The zero-order valence-corrected chi connectivity index (χ0v) is 12.1. The third-order valence-corrected chi connectivity index (χ3v) is 3.45. The topological polar surface area (TPSA) is 53.1 Å². The van der Waals surface area contributed by atoms with E-state index in [4.69, 9.17) is 22.7 Å². The molecule has 1 heterocycles. The molecular formula is C14H17N3OS. The van der Waals surface area contributed by atoms with Crippen molar-refractivity contribution in [3.05, 3.63) is 47.0 Å². The van der Waals surface area contributed by atoms with Gasteiger partial charge >= 0.3 is 0 Å². The van der Waals surface area contributed by atoms with E-state index < -0.39 is 0 Å². The molecule has 19 heavy (non-hydrogen) atoms. The average Bonchev–Trinajstić information content (AvgIpc) is 2.70. The van der Waals surface area contributed by atoms with Gasteiger partial charge in [-0.3, -0.25) is 0 Å². The summed E-state index contributed by atoms with van der Waals surface area (Å²) in [7, 11) is 1.61. The maximum atomic E-state index is 5.72. The molecule has 100 valence electrons. The van der Waals surface area contributed by atoms with Crippen molar-refractivity contribution in [3.8, 4) is 5.75 Å². The largest absolute Gasteiger partial charge is 0.496 e. The average molecular weight is 275 g/mol.